The van der Waals surface area contributed by atoms with Gasteiger partial charge in [-0.25, -0.2) is 4.98 Å². The Labute approximate surface area is 83.4 Å². The number of thiazole rings is 1. The lowest BCUT2D eigenvalue weighted by Crippen LogP contribution is -2.13. The highest BCUT2D eigenvalue weighted by atomic mass is 32.1. The van der Waals surface area contributed by atoms with E-state index in [0.29, 0.717) is 0 Å². The smallest absolute Gasteiger partial charge is 0.0926 e. The van der Waals surface area contributed by atoms with Crippen molar-refractivity contribution in [1.29, 1.82) is 0 Å². The molecule has 0 saturated carbocycles. The van der Waals surface area contributed by atoms with Crippen molar-refractivity contribution in [2.24, 2.45) is 0 Å². The normalized spacial score (nSPS) is 9.38. The van der Waals surface area contributed by atoms with Gasteiger partial charge in [-0.05, 0) is 13.3 Å². The third-order valence-electron chi connectivity index (χ3n) is 1.60. The first-order valence-corrected chi connectivity index (χ1v) is 5.28. The molecule has 0 spiro atoms. The van der Waals surface area contributed by atoms with Gasteiger partial charge in [0.25, 0.3) is 0 Å². The summed E-state index contributed by atoms with van der Waals surface area (Å²) in [6, 6.07) is 0. The molecule has 0 aliphatic heterocycles. The summed E-state index contributed by atoms with van der Waals surface area (Å²) < 4.78 is 0. The summed E-state index contributed by atoms with van der Waals surface area (Å²) in [6.07, 6.45) is 1.03. The van der Waals surface area contributed by atoms with Gasteiger partial charge in [0.15, 0.2) is 0 Å². The largest absolute Gasteiger partial charge is 0.301 e. The van der Waals surface area contributed by atoms with Gasteiger partial charge in [0, 0.05) is 11.9 Å². The molecule has 1 rings (SSSR count). The Morgan fingerprint density at radius 2 is 2.46 bits per heavy atom. The van der Waals surface area contributed by atoms with Crippen molar-refractivity contribution < 1.29 is 0 Å². The summed E-state index contributed by atoms with van der Waals surface area (Å²) in [4.78, 5) is 4.43. The van der Waals surface area contributed by atoms with Gasteiger partial charge in [0.05, 0.1) is 17.2 Å². The molecule has 1 aromatic rings. The molecule has 0 radical (unpaired) electrons. The second-order valence-corrected chi connectivity index (χ2v) is 3.56. The van der Waals surface area contributed by atoms with Crippen molar-refractivity contribution in [3.63, 3.8) is 0 Å². The van der Waals surface area contributed by atoms with Crippen molar-refractivity contribution in [1.82, 2.24) is 10.3 Å². The van der Waals surface area contributed by atoms with Crippen LogP contribution in [-0.4, -0.2) is 11.5 Å². The molecule has 0 amide bonds. The molecule has 0 unspecified atom stereocenters. The third-order valence-corrected chi connectivity index (χ3v) is 2.64. The van der Waals surface area contributed by atoms with Gasteiger partial charge in [-0.15, -0.1) is 17.3 Å². The van der Waals surface area contributed by atoms with Crippen LogP contribution in [0.2, 0.25) is 0 Å². The molecule has 0 aliphatic rings. The number of aryl methyl sites for hydroxylation is 1. The quantitative estimate of drug-likeness (QED) is 0.584. The fourth-order valence-corrected chi connectivity index (χ4v) is 1.68. The summed E-state index contributed by atoms with van der Waals surface area (Å²) in [5.41, 5.74) is 1.12. The maximum Gasteiger partial charge on any atom is 0.0926 e. The highest BCUT2D eigenvalue weighted by Crippen LogP contribution is 2.09. The van der Waals surface area contributed by atoms with Gasteiger partial charge in [-0.1, -0.05) is 12.8 Å². The average Bonchev–Trinajstić information content (AvgIpc) is 2.60. The molecule has 1 N–H and O–H groups in total. The van der Waals surface area contributed by atoms with E-state index in [1.807, 2.05) is 6.92 Å². The second kappa shape index (κ2) is 5.74. The van der Waals surface area contributed by atoms with Crippen LogP contribution in [0.15, 0.2) is 5.38 Å². The Morgan fingerprint density at radius 1 is 1.62 bits per heavy atom. The maximum absolute atomic E-state index is 4.43. The third kappa shape index (κ3) is 3.58. The van der Waals surface area contributed by atoms with Crippen LogP contribution in [0.5, 0.6) is 0 Å². The summed E-state index contributed by atoms with van der Waals surface area (Å²) in [7, 11) is 0. The van der Waals surface area contributed by atoms with E-state index in [1.54, 1.807) is 11.3 Å². The molecule has 70 valence electrons. The van der Waals surface area contributed by atoms with Gasteiger partial charge in [-0.2, -0.15) is 0 Å². The van der Waals surface area contributed by atoms with Gasteiger partial charge in [-0.3, -0.25) is 0 Å². The molecule has 0 fully saturated rings. The molecule has 0 atom stereocenters. The first-order valence-electron chi connectivity index (χ1n) is 4.40. The van der Waals surface area contributed by atoms with Gasteiger partial charge < -0.3 is 5.32 Å². The number of hydrogen-bond donors (Lipinski definition) is 1. The summed E-state index contributed by atoms with van der Waals surface area (Å²) in [5, 5.41) is 6.52. The van der Waals surface area contributed by atoms with Crippen molar-refractivity contribution >= 4 is 11.3 Å². The summed E-state index contributed by atoms with van der Waals surface area (Å²) in [6.45, 7) is 5.54. The fourth-order valence-electron chi connectivity index (χ4n) is 0.934. The van der Waals surface area contributed by atoms with E-state index >= 15 is 0 Å². The molecule has 1 aromatic heterocycles. The second-order valence-electron chi connectivity index (χ2n) is 2.62. The Hall–Kier alpha value is -0.850. The van der Waals surface area contributed by atoms with Gasteiger partial charge >= 0.3 is 0 Å². The zero-order chi connectivity index (χ0) is 9.52. The zero-order valence-electron chi connectivity index (χ0n) is 8.05. The fraction of sp³-hybridized carbons (Fsp3) is 0.500. The minimum absolute atomic E-state index is 0.746. The molecule has 2 nitrogen and oxygen atoms in total. The predicted octanol–water partition coefficient (Wildman–Crippen LogP) is 1.82. The molecule has 3 heteroatoms. The van der Waals surface area contributed by atoms with Crippen LogP contribution in [-0.2, 0) is 13.0 Å². The van der Waals surface area contributed by atoms with E-state index < -0.39 is 0 Å². The van der Waals surface area contributed by atoms with E-state index in [4.69, 9.17) is 0 Å². The summed E-state index contributed by atoms with van der Waals surface area (Å²) >= 11 is 1.73. The lowest BCUT2D eigenvalue weighted by atomic mass is 10.4. The summed E-state index contributed by atoms with van der Waals surface area (Å²) in [5.74, 6) is 5.79. The Kier molecular flexibility index (Phi) is 4.52. The van der Waals surface area contributed by atoms with Crippen LogP contribution >= 0.6 is 11.3 Å². The van der Waals surface area contributed by atoms with Crippen molar-refractivity contribution in [3.8, 4) is 11.8 Å². The highest BCUT2D eigenvalue weighted by molar-refractivity contribution is 7.09. The minimum atomic E-state index is 0.746. The van der Waals surface area contributed by atoms with Crippen molar-refractivity contribution in [3.05, 3.63) is 16.1 Å². The van der Waals surface area contributed by atoms with Crippen LogP contribution < -0.4 is 5.32 Å². The van der Waals surface area contributed by atoms with Crippen LogP contribution in [0.4, 0.5) is 0 Å². The van der Waals surface area contributed by atoms with E-state index in [0.717, 1.165) is 25.2 Å². The Bertz CT molecular complexity index is 306. The Balaban J connectivity index is 2.31. The van der Waals surface area contributed by atoms with E-state index in [1.165, 1.54) is 5.01 Å². The maximum atomic E-state index is 4.43. The minimum Gasteiger partial charge on any atom is -0.301 e. The lowest BCUT2D eigenvalue weighted by molar-refractivity contribution is 0.750. The van der Waals surface area contributed by atoms with E-state index in [-0.39, 0.29) is 0 Å². The molecule has 0 aromatic carbocycles. The molecular weight excluding hydrogens is 180 g/mol. The van der Waals surface area contributed by atoms with Crippen LogP contribution in [0.1, 0.15) is 24.5 Å². The van der Waals surface area contributed by atoms with Crippen molar-refractivity contribution in [2.75, 3.05) is 6.54 Å². The first-order chi connectivity index (χ1) is 6.36. The molecule has 0 aliphatic carbocycles. The number of nitrogens with one attached hydrogen (secondary N) is 1. The first kappa shape index (κ1) is 10.2. The van der Waals surface area contributed by atoms with Crippen LogP contribution in [0, 0.1) is 11.8 Å². The standard InChI is InChI=1S/C10H14N2S/c1-3-5-6-11-7-9-8-13-10(4-2)12-9/h8,11H,4,6-7H2,1-2H3. The van der Waals surface area contributed by atoms with Crippen LogP contribution in [0.3, 0.4) is 0 Å². The van der Waals surface area contributed by atoms with E-state index in [2.05, 4.69) is 34.4 Å². The molecule has 1 heterocycles. The zero-order valence-corrected chi connectivity index (χ0v) is 8.87. The predicted molar refractivity (Wildman–Crippen MR) is 56.6 cm³/mol. The topological polar surface area (TPSA) is 24.9 Å². The van der Waals surface area contributed by atoms with Gasteiger partial charge in [0.2, 0.25) is 0 Å². The molecule has 0 bridgehead atoms. The number of nitrogens with zero attached hydrogens (tertiary/aromatic N) is 1. The monoisotopic (exact) mass is 194 g/mol. The lowest BCUT2D eigenvalue weighted by Gasteiger charge is -1.94. The molecule has 0 saturated heterocycles. The van der Waals surface area contributed by atoms with Crippen LogP contribution in [0.25, 0.3) is 0 Å². The van der Waals surface area contributed by atoms with Gasteiger partial charge in [0.1, 0.15) is 0 Å². The van der Waals surface area contributed by atoms with E-state index in [9.17, 15) is 0 Å². The SMILES string of the molecule is CC#CCNCc1csc(CC)n1. The molecule has 13 heavy (non-hydrogen) atoms. The number of rotatable bonds is 4. The number of hydrogen-bond acceptors (Lipinski definition) is 3. The molecular formula is C10H14N2S. The average molecular weight is 194 g/mol. The highest BCUT2D eigenvalue weighted by Gasteiger charge is 1.97. The van der Waals surface area contributed by atoms with Crippen molar-refractivity contribution in [2.45, 2.75) is 26.8 Å². The Morgan fingerprint density at radius 3 is 3.08 bits per heavy atom. The number of aromatic nitrogens is 1.